The predicted octanol–water partition coefficient (Wildman–Crippen LogP) is 3.92. The number of methoxy groups -OCH3 is 3. The van der Waals surface area contributed by atoms with Gasteiger partial charge >= 0.3 is 5.97 Å². The maximum absolute atomic E-state index is 11.6. The molecule has 0 amide bonds. The highest BCUT2D eigenvalue weighted by molar-refractivity contribution is 6.16. The molecule has 0 radical (unpaired) electrons. The Morgan fingerprint density at radius 2 is 1.85 bits per heavy atom. The molecule has 2 aliphatic rings. The van der Waals surface area contributed by atoms with Crippen LogP contribution in [0.5, 0.6) is 23.3 Å². The number of hydrogen-bond acceptors (Lipinski definition) is 8. The Labute approximate surface area is 193 Å². The van der Waals surface area contributed by atoms with E-state index < -0.39 is 0 Å². The van der Waals surface area contributed by atoms with Gasteiger partial charge in [-0.3, -0.25) is 9.79 Å². The van der Waals surface area contributed by atoms with Gasteiger partial charge in [-0.2, -0.15) is 4.98 Å². The van der Waals surface area contributed by atoms with Gasteiger partial charge in [-0.25, -0.2) is 0 Å². The molecule has 3 atom stereocenters. The molecular formula is C25H30N2O6. The summed E-state index contributed by atoms with van der Waals surface area (Å²) in [5.74, 6) is 2.08. The van der Waals surface area contributed by atoms with E-state index in [0.717, 1.165) is 35.2 Å². The number of aromatic nitrogens is 1. The largest absolute Gasteiger partial charge is 0.493 e. The van der Waals surface area contributed by atoms with Gasteiger partial charge in [0.25, 0.3) is 0 Å². The average molecular weight is 455 g/mol. The molecule has 4 rings (SSSR count). The van der Waals surface area contributed by atoms with Crippen LogP contribution in [0.1, 0.15) is 55.7 Å². The van der Waals surface area contributed by atoms with Gasteiger partial charge in [0.05, 0.1) is 45.3 Å². The molecule has 1 fully saturated rings. The van der Waals surface area contributed by atoms with Crippen molar-refractivity contribution in [3.05, 3.63) is 41.0 Å². The van der Waals surface area contributed by atoms with E-state index in [-0.39, 0.29) is 24.0 Å². The lowest BCUT2D eigenvalue weighted by Crippen LogP contribution is -2.36. The summed E-state index contributed by atoms with van der Waals surface area (Å²) in [4.78, 5) is 21.2. The third-order valence-electron chi connectivity index (χ3n) is 6.18. The van der Waals surface area contributed by atoms with Gasteiger partial charge in [-0.1, -0.05) is 0 Å². The van der Waals surface area contributed by atoms with Gasteiger partial charge in [0.1, 0.15) is 6.10 Å². The minimum Gasteiger partial charge on any atom is -0.493 e. The minimum absolute atomic E-state index is 0.0500. The van der Waals surface area contributed by atoms with Crippen LogP contribution < -0.4 is 18.9 Å². The smallest absolute Gasteiger partial charge is 0.302 e. The van der Waals surface area contributed by atoms with Crippen LogP contribution >= 0.6 is 0 Å². The number of carbonyl (C=O) groups excluding carboxylic acids is 1. The van der Waals surface area contributed by atoms with Crippen LogP contribution in [0.15, 0.2) is 29.3 Å². The van der Waals surface area contributed by atoms with Crippen LogP contribution in [0, 0.1) is 0 Å². The predicted molar refractivity (Wildman–Crippen MR) is 123 cm³/mol. The van der Waals surface area contributed by atoms with Crippen molar-refractivity contribution >= 4 is 11.7 Å². The van der Waals surface area contributed by atoms with Gasteiger partial charge in [0, 0.05) is 24.5 Å². The summed E-state index contributed by atoms with van der Waals surface area (Å²) >= 11 is 0. The normalized spacial score (nSPS) is 21.2. The lowest BCUT2D eigenvalue weighted by atomic mass is 9.74. The van der Waals surface area contributed by atoms with E-state index in [4.69, 9.17) is 28.7 Å². The SMILES string of the molecule is CCOc1cc2c(cc1OC)C(c1ccc(OC)nc1OC)=NC1CCC(OC(C)=O)CC21. The van der Waals surface area contributed by atoms with Crippen molar-refractivity contribution in [2.45, 2.75) is 51.2 Å². The number of ether oxygens (including phenoxy) is 5. The van der Waals surface area contributed by atoms with Crippen LogP contribution in [0.4, 0.5) is 0 Å². The van der Waals surface area contributed by atoms with Crippen LogP contribution in [0.3, 0.4) is 0 Å². The van der Waals surface area contributed by atoms with Gasteiger partial charge in [-0.05, 0) is 49.9 Å². The second-order valence-corrected chi connectivity index (χ2v) is 8.13. The summed E-state index contributed by atoms with van der Waals surface area (Å²) in [7, 11) is 4.78. The lowest BCUT2D eigenvalue weighted by Gasteiger charge is -2.38. The molecule has 33 heavy (non-hydrogen) atoms. The number of nitrogens with zero attached hydrogens (tertiary/aromatic N) is 2. The Morgan fingerprint density at radius 1 is 1.03 bits per heavy atom. The molecule has 1 saturated carbocycles. The van der Waals surface area contributed by atoms with E-state index in [1.807, 2.05) is 25.1 Å². The molecule has 0 N–H and O–H groups in total. The second kappa shape index (κ2) is 9.68. The highest BCUT2D eigenvalue weighted by atomic mass is 16.5. The fourth-order valence-corrected chi connectivity index (χ4v) is 4.78. The Kier molecular flexibility index (Phi) is 6.72. The van der Waals surface area contributed by atoms with Crippen molar-refractivity contribution in [3.8, 4) is 23.3 Å². The first-order chi connectivity index (χ1) is 16.0. The molecule has 1 aliphatic heterocycles. The van der Waals surface area contributed by atoms with Crippen molar-refractivity contribution in [1.29, 1.82) is 0 Å². The number of aliphatic imine (C=N–C) groups is 1. The van der Waals surface area contributed by atoms with E-state index in [9.17, 15) is 4.79 Å². The second-order valence-electron chi connectivity index (χ2n) is 8.13. The molecule has 8 heteroatoms. The molecule has 1 aromatic heterocycles. The molecule has 8 nitrogen and oxygen atoms in total. The minimum atomic E-state index is -0.252. The fraction of sp³-hybridized carbons (Fsp3) is 0.480. The van der Waals surface area contributed by atoms with Crippen molar-refractivity contribution < 1.29 is 28.5 Å². The molecule has 1 aromatic carbocycles. The molecule has 176 valence electrons. The quantitative estimate of drug-likeness (QED) is 0.586. The van der Waals surface area contributed by atoms with Crippen molar-refractivity contribution in [2.75, 3.05) is 27.9 Å². The fourth-order valence-electron chi connectivity index (χ4n) is 4.78. The van der Waals surface area contributed by atoms with Crippen molar-refractivity contribution in [3.63, 3.8) is 0 Å². The zero-order chi connectivity index (χ0) is 23.5. The summed E-state index contributed by atoms with van der Waals surface area (Å²) in [5, 5.41) is 0. The zero-order valence-corrected chi connectivity index (χ0v) is 19.7. The topological polar surface area (TPSA) is 88.5 Å². The summed E-state index contributed by atoms with van der Waals surface area (Å²) in [6, 6.07) is 7.78. The Morgan fingerprint density at radius 3 is 2.52 bits per heavy atom. The van der Waals surface area contributed by atoms with Crippen LogP contribution in [-0.2, 0) is 9.53 Å². The van der Waals surface area contributed by atoms with Crippen molar-refractivity contribution in [2.24, 2.45) is 4.99 Å². The molecule has 0 saturated heterocycles. The molecule has 2 aromatic rings. The molecule has 3 unspecified atom stereocenters. The van der Waals surface area contributed by atoms with E-state index in [0.29, 0.717) is 36.3 Å². The third kappa shape index (κ3) is 4.47. The summed E-state index contributed by atoms with van der Waals surface area (Å²) < 4.78 is 27.9. The average Bonchev–Trinajstić information content (AvgIpc) is 2.82. The van der Waals surface area contributed by atoms with E-state index >= 15 is 0 Å². The van der Waals surface area contributed by atoms with Crippen LogP contribution in [0.2, 0.25) is 0 Å². The first-order valence-electron chi connectivity index (χ1n) is 11.2. The van der Waals surface area contributed by atoms with E-state index in [2.05, 4.69) is 4.98 Å². The van der Waals surface area contributed by atoms with E-state index in [1.165, 1.54) is 6.92 Å². The first-order valence-corrected chi connectivity index (χ1v) is 11.2. The lowest BCUT2D eigenvalue weighted by molar-refractivity contribution is -0.148. The van der Waals surface area contributed by atoms with Gasteiger partial charge in [0.15, 0.2) is 11.5 Å². The van der Waals surface area contributed by atoms with E-state index in [1.54, 1.807) is 27.4 Å². The number of esters is 1. The van der Waals surface area contributed by atoms with Crippen molar-refractivity contribution in [1.82, 2.24) is 4.98 Å². The van der Waals surface area contributed by atoms with Gasteiger partial charge < -0.3 is 23.7 Å². The highest BCUT2D eigenvalue weighted by Crippen LogP contribution is 2.46. The first kappa shape index (κ1) is 22.9. The number of rotatable bonds is 7. The van der Waals surface area contributed by atoms with Crippen LogP contribution in [0.25, 0.3) is 0 Å². The number of carbonyl (C=O) groups is 1. The van der Waals surface area contributed by atoms with Gasteiger partial charge in [0.2, 0.25) is 11.8 Å². The Balaban J connectivity index is 1.86. The number of benzene rings is 1. The summed E-state index contributed by atoms with van der Waals surface area (Å²) in [6.07, 6.45) is 2.18. The Bertz CT molecular complexity index is 1070. The summed E-state index contributed by atoms with van der Waals surface area (Å²) in [5.41, 5.74) is 3.62. The monoisotopic (exact) mass is 454 g/mol. The van der Waals surface area contributed by atoms with Gasteiger partial charge in [-0.15, -0.1) is 0 Å². The molecule has 0 bridgehead atoms. The molecular weight excluding hydrogens is 424 g/mol. The maximum Gasteiger partial charge on any atom is 0.302 e. The standard InChI is InChI=1S/C25H30N2O6/c1-6-32-22-12-17-18-11-15(33-14(2)28)7-9-20(18)26-24(19(17)13-21(22)29-3)16-8-10-23(30-4)27-25(16)31-5/h8,10,12-13,15,18,20H,6-7,9,11H2,1-5H3. The summed E-state index contributed by atoms with van der Waals surface area (Å²) in [6.45, 7) is 3.93. The maximum atomic E-state index is 11.6. The zero-order valence-electron chi connectivity index (χ0n) is 19.7. The number of hydrogen-bond donors (Lipinski definition) is 0. The highest BCUT2D eigenvalue weighted by Gasteiger charge is 2.39. The number of fused-ring (bicyclic) bond motifs is 3. The Hall–Kier alpha value is -3.29. The third-order valence-corrected chi connectivity index (χ3v) is 6.18. The molecule has 0 spiro atoms. The molecule has 1 aliphatic carbocycles. The van der Waals surface area contributed by atoms with Crippen LogP contribution in [-0.4, -0.2) is 56.7 Å². The number of pyridine rings is 1. The molecule has 2 heterocycles.